The van der Waals surface area contributed by atoms with Gasteiger partial charge in [0.15, 0.2) is 5.82 Å². The van der Waals surface area contributed by atoms with Gasteiger partial charge in [0.1, 0.15) is 0 Å². The van der Waals surface area contributed by atoms with Crippen molar-refractivity contribution in [1.29, 1.82) is 0 Å². The van der Waals surface area contributed by atoms with Crippen LogP contribution in [0.2, 0.25) is 0 Å². The molecule has 0 radical (unpaired) electrons. The molecule has 0 spiro atoms. The van der Waals surface area contributed by atoms with E-state index in [4.69, 9.17) is 0 Å². The fourth-order valence-electron chi connectivity index (χ4n) is 0.380. The third-order valence-electron chi connectivity index (χ3n) is 0.659. The van der Waals surface area contributed by atoms with Crippen molar-refractivity contribution in [3.8, 4) is 0 Å². The van der Waals surface area contributed by atoms with Crippen molar-refractivity contribution in [3.63, 3.8) is 0 Å². The Kier molecular flexibility index (Phi) is 1.59. The van der Waals surface area contributed by atoms with E-state index in [0.29, 0.717) is 0 Å². The summed E-state index contributed by atoms with van der Waals surface area (Å²) in [6.07, 6.45) is 1.42. The van der Waals surface area contributed by atoms with E-state index in [-0.39, 0.29) is 5.82 Å². The van der Waals surface area contributed by atoms with Crippen molar-refractivity contribution in [2.45, 2.75) is 0 Å². The maximum atomic E-state index is 9.85. The van der Waals surface area contributed by atoms with E-state index in [1.54, 1.807) is 0 Å². The molecule has 0 atom stereocenters. The SMILES string of the molecule is O=S(=O)=Nc1ccn[nH]1. The summed E-state index contributed by atoms with van der Waals surface area (Å²) in [5.41, 5.74) is 0. The van der Waals surface area contributed by atoms with E-state index in [2.05, 4.69) is 14.6 Å². The zero-order valence-electron chi connectivity index (χ0n) is 4.27. The molecule has 6 heteroatoms. The van der Waals surface area contributed by atoms with Crippen molar-refractivity contribution in [3.05, 3.63) is 12.3 Å². The molecule has 9 heavy (non-hydrogen) atoms. The van der Waals surface area contributed by atoms with Crippen LogP contribution in [0, 0.1) is 0 Å². The van der Waals surface area contributed by atoms with Crippen molar-refractivity contribution in [1.82, 2.24) is 10.2 Å². The molecule has 0 fully saturated rings. The number of nitrogens with one attached hydrogen (secondary N) is 1. The largest absolute Gasteiger partial charge is 0.317 e. The first-order valence-corrected chi connectivity index (χ1v) is 3.13. The molecule has 0 aliphatic heterocycles. The van der Waals surface area contributed by atoms with Crippen LogP contribution in [0.1, 0.15) is 0 Å². The summed E-state index contributed by atoms with van der Waals surface area (Å²) in [7, 11) is -2.39. The fraction of sp³-hybridized carbons (Fsp3) is 0. The van der Waals surface area contributed by atoms with Gasteiger partial charge >= 0.3 is 10.5 Å². The minimum Gasteiger partial charge on any atom is -0.260 e. The summed E-state index contributed by atoms with van der Waals surface area (Å²) < 4.78 is 22.8. The fourth-order valence-corrected chi connectivity index (χ4v) is 0.642. The van der Waals surface area contributed by atoms with Gasteiger partial charge in [0.2, 0.25) is 0 Å². The van der Waals surface area contributed by atoms with Crippen molar-refractivity contribution in [2.24, 2.45) is 4.36 Å². The topological polar surface area (TPSA) is 75.2 Å². The highest BCUT2D eigenvalue weighted by atomic mass is 32.2. The van der Waals surface area contributed by atoms with Crippen LogP contribution in [0.15, 0.2) is 16.6 Å². The van der Waals surface area contributed by atoms with E-state index in [1.165, 1.54) is 12.3 Å². The molecular weight excluding hydrogens is 142 g/mol. The molecule has 0 saturated heterocycles. The van der Waals surface area contributed by atoms with Crippen LogP contribution in [0.4, 0.5) is 5.82 Å². The molecule has 48 valence electrons. The van der Waals surface area contributed by atoms with Gasteiger partial charge in [-0.3, -0.25) is 5.10 Å². The third kappa shape index (κ3) is 1.65. The smallest absolute Gasteiger partial charge is 0.260 e. The van der Waals surface area contributed by atoms with Crippen LogP contribution < -0.4 is 0 Å². The normalized spacial score (nSPS) is 8.89. The van der Waals surface area contributed by atoms with Crippen LogP contribution in [0.25, 0.3) is 0 Å². The number of aromatic nitrogens is 2. The van der Waals surface area contributed by atoms with Gasteiger partial charge in [-0.05, 0) is 0 Å². The molecule has 0 aliphatic rings. The molecule has 1 rings (SSSR count). The van der Waals surface area contributed by atoms with E-state index in [0.717, 1.165) is 0 Å². The van der Waals surface area contributed by atoms with Gasteiger partial charge in [0.25, 0.3) is 0 Å². The van der Waals surface area contributed by atoms with Gasteiger partial charge in [-0.1, -0.05) is 0 Å². The summed E-state index contributed by atoms with van der Waals surface area (Å²) in [4.78, 5) is 0. The number of rotatable bonds is 1. The van der Waals surface area contributed by atoms with Crippen LogP contribution in [-0.2, 0) is 10.5 Å². The number of nitrogens with zero attached hydrogens (tertiary/aromatic N) is 2. The van der Waals surface area contributed by atoms with Crippen LogP contribution in [0.3, 0.4) is 0 Å². The Morgan fingerprint density at radius 1 is 1.67 bits per heavy atom. The standard InChI is InChI=1S/C3H3N3O2S/c7-9(8)6-3-1-2-4-5-3/h1-2H,(H,4,5). The van der Waals surface area contributed by atoms with Crippen LogP contribution in [0.5, 0.6) is 0 Å². The molecule has 1 aromatic rings. The average molecular weight is 145 g/mol. The monoisotopic (exact) mass is 145 g/mol. The molecule has 1 aromatic heterocycles. The van der Waals surface area contributed by atoms with Crippen molar-refractivity contribution < 1.29 is 8.42 Å². The molecule has 0 saturated carbocycles. The number of hydrogen-bond donors (Lipinski definition) is 1. The summed E-state index contributed by atoms with van der Waals surface area (Å²) >= 11 is 0. The first-order chi connectivity index (χ1) is 4.29. The highest BCUT2D eigenvalue weighted by Crippen LogP contribution is 2.01. The van der Waals surface area contributed by atoms with Gasteiger partial charge in [0.05, 0.1) is 6.20 Å². The average Bonchev–Trinajstić information content (AvgIpc) is 2.15. The van der Waals surface area contributed by atoms with Crippen LogP contribution in [-0.4, -0.2) is 18.6 Å². The minimum atomic E-state index is -2.39. The molecule has 1 N–H and O–H groups in total. The van der Waals surface area contributed by atoms with E-state index < -0.39 is 10.5 Å². The second-order valence-corrected chi connectivity index (χ2v) is 1.87. The first-order valence-electron chi connectivity index (χ1n) is 2.09. The number of H-pyrrole nitrogens is 1. The van der Waals surface area contributed by atoms with E-state index in [1.807, 2.05) is 0 Å². The lowest BCUT2D eigenvalue weighted by molar-refractivity contribution is 0.622. The lowest BCUT2D eigenvalue weighted by Gasteiger charge is -1.70. The predicted molar refractivity (Wildman–Crippen MR) is 29.6 cm³/mol. The highest BCUT2D eigenvalue weighted by molar-refractivity contribution is 7.61. The lowest BCUT2D eigenvalue weighted by Crippen LogP contribution is -1.62. The van der Waals surface area contributed by atoms with Gasteiger partial charge in [0, 0.05) is 6.07 Å². The van der Waals surface area contributed by atoms with Gasteiger partial charge in [-0.15, -0.1) is 4.36 Å². The summed E-state index contributed by atoms with van der Waals surface area (Å²) in [6, 6.07) is 1.45. The molecule has 0 amide bonds. The minimum absolute atomic E-state index is 0.239. The summed E-state index contributed by atoms with van der Waals surface area (Å²) in [5.74, 6) is 0.239. The molecular formula is C3H3N3O2S. The Balaban J connectivity index is 3.07. The second kappa shape index (κ2) is 2.40. The molecule has 0 bridgehead atoms. The third-order valence-corrected chi connectivity index (χ3v) is 1.00. The van der Waals surface area contributed by atoms with Crippen LogP contribution >= 0.6 is 0 Å². The lowest BCUT2D eigenvalue weighted by atomic mass is 10.7. The maximum absolute atomic E-state index is 9.85. The number of hydrogen-bond acceptors (Lipinski definition) is 4. The summed E-state index contributed by atoms with van der Waals surface area (Å²) in [6.45, 7) is 0. The first kappa shape index (κ1) is 5.96. The molecule has 0 aromatic carbocycles. The molecule has 0 aliphatic carbocycles. The Labute approximate surface area is 52.4 Å². The van der Waals surface area contributed by atoms with E-state index in [9.17, 15) is 8.42 Å². The Morgan fingerprint density at radius 3 is 2.89 bits per heavy atom. The Hall–Kier alpha value is -1.17. The maximum Gasteiger partial charge on any atom is 0.317 e. The van der Waals surface area contributed by atoms with E-state index >= 15 is 0 Å². The van der Waals surface area contributed by atoms with Crippen molar-refractivity contribution >= 4 is 16.3 Å². The Bertz CT molecular complexity index is 290. The molecule has 1 heterocycles. The zero-order chi connectivity index (χ0) is 6.69. The second-order valence-electron chi connectivity index (χ2n) is 1.25. The molecule has 0 unspecified atom stereocenters. The van der Waals surface area contributed by atoms with Crippen molar-refractivity contribution in [2.75, 3.05) is 0 Å². The predicted octanol–water partition coefficient (Wildman–Crippen LogP) is 0.104. The zero-order valence-corrected chi connectivity index (χ0v) is 5.09. The van der Waals surface area contributed by atoms with Gasteiger partial charge < -0.3 is 0 Å². The molecule has 5 nitrogen and oxygen atoms in total. The summed E-state index contributed by atoms with van der Waals surface area (Å²) in [5, 5.41) is 5.84. The van der Waals surface area contributed by atoms with Gasteiger partial charge in [-0.2, -0.15) is 13.5 Å². The number of aromatic amines is 1. The highest BCUT2D eigenvalue weighted by Gasteiger charge is 1.85. The Morgan fingerprint density at radius 2 is 2.44 bits per heavy atom. The quantitative estimate of drug-likeness (QED) is 0.609. The van der Waals surface area contributed by atoms with Gasteiger partial charge in [-0.25, -0.2) is 0 Å².